The molecule has 0 aliphatic rings. The molecule has 0 bridgehead atoms. The fraction of sp³-hybridized carbons (Fsp3) is 0. The molecule has 0 aliphatic heterocycles. The van der Waals surface area contributed by atoms with Gasteiger partial charge in [-0.2, -0.15) is 0 Å². The van der Waals surface area contributed by atoms with Crippen LogP contribution in [-0.2, 0) is 26.0 Å². The fourth-order valence-corrected chi connectivity index (χ4v) is 0. The number of rotatable bonds is 0. The summed E-state index contributed by atoms with van der Waals surface area (Å²) >= 11 is 0. The first-order valence-electron chi connectivity index (χ1n) is 1.22. The van der Waals surface area contributed by atoms with Gasteiger partial charge in [0.2, 0.25) is 0 Å². The van der Waals surface area contributed by atoms with Crippen LogP contribution in [0.25, 0.3) is 0 Å². The normalized spacial score (nSPS) is 4.36. The molecule has 1 radical (unpaired) electrons. The van der Waals surface area contributed by atoms with Crippen LogP contribution in [0.3, 0.4) is 0 Å². The molecule has 0 aromatic rings. The summed E-state index contributed by atoms with van der Waals surface area (Å²) in [5.41, 5.74) is 0. The van der Waals surface area contributed by atoms with Crippen molar-refractivity contribution in [2.45, 2.75) is 0 Å². The van der Waals surface area contributed by atoms with E-state index < -0.39 is 18.3 Å². The summed E-state index contributed by atoms with van der Waals surface area (Å²) in [6.07, 6.45) is 0. The van der Waals surface area contributed by atoms with Crippen LogP contribution in [0.1, 0.15) is 0 Å². The van der Waals surface area contributed by atoms with Crippen molar-refractivity contribution in [3.05, 3.63) is 0 Å². The van der Waals surface area contributed by atoms with E-state index in [1.807, 2.05) is 0 Å². The molecule has 0 N–H and O–H groups in total. The van der Waals surface area contributed by atoms with Gasteiger partial charge in [-0.1, -0.05) is 0 Å². The Labute approximate surface area is 162 Å². The van der Waals surface area contributed by atoms with Crippen LogP contribution < -0.4 is 122 Å². The third kappa shape index (κ3) is 173. The van der Waals surface area contributed by atoms with Crippen LogP contribution in [0.2, 0.25) is 0 Å². The molecule has 0 unspecified atom stereocenters. The zero-order valence-corrected chi connectivity index (χ0v) is 14.9. The number of hydrogen-bond acceptors (Lipinski definition) is 6. The maximum Gasteiger partial charge on any atom is 2.00 e. The zero-order valence-electron chi connectivity index (χ0n) is 5.75. The van der Waals surface area contributed by atoms with Crippen molar-refractivity contribution in [2.24, 2.45) is 0 Å². The van der Waals surface area contributed by atoms with Crippen molar-refractivity contribution >= 4 is 18.3 Å². The van der Waals surface area contributed by atoms with Gasteiger partial charge in [0, 0.05) is 18.3 Å². The van der Waals surface area contributed by atoms with E-state index in [0.717, 1.165) is 0 Å². The predicted octanol–water partition coefficient (Wildman–Crippen LogP) is -11.7. The van der Waals surface area contributed by atoms with Gasteiger partial charge < -0.3 is 28.1 Å². The Morgan fingerprint density at radius 3 is 0.727 bits per heavy atom. The quantitative estimate of drug-likeness (QED) is 0.408. The summed E-state index contributed by atoms with van der Waals surface area (Å²) in [7, 11) is -7.26. The molecular weight excluding hydrogens is 294 g/mol. The molecule has 6 nitrogen and oxygen atoms in total. The van der Waals surface area contributed by atoms with Crippen LogP contribution >= 0.6 is 0 Å². The summed E-state index contributed by atoms with van der Waals surface area (Å²) < 4.78 is 17.0. The van der Waals surface area contributed by atoms with Gasteiger partial charge in [0.15, 0.2) is 0 Å². The molecule has 11 heavy (non-hydrogen) atoms. The largest absolute Gasteiger partial charge is 2.00 e. The Morgan fingerprint density at radius 2 is 0.727 bits per heavy atom. The molecule has 0 aromatic carbocycles. The Bertz CT molecular complexity index is 76.6. The van der Waals surface area contributed by atoms with Gasteiger partial charge >= 0.3 is 120 Å². The molecule has 0 amide bonds. The topological polar surface area (TPSA) is 126 Å². The fourth-order valence-electron chi connectivity index (χ4n) is 0. The average molecular weight is 294 g/mol. The van der Waals surface area contributed by atoms with Crippen LogP contribution in [-0.4, -0.2) is 18.3 Å². The Morgan fingerprint density at radius 1 is 0.727 bits per heavy atom. The van der Waals surface area contributed by atoms with Gasteiger partial charge in [-0.25, -0.2) is 0 Å². The van der Waals surface area contributed by atoms with Gasteiger partial charge in [0.1, 0.15) is 0 Å². The average Bonchev–Trinajstić information content (AvgIpc) is 1.25. The van der Waals surface area contributed by atoms with Crippen molar-refractivity contribution in [3.63, 3.8) is 0 Å². The van der Waals surface area contributed by atoms with Crippen molar-refractivity contribution in [1.29, 1.82) is 0 Å². The van der Waals surface area contributed by atoms with E-state index in [4.69, 9.17) is 28.1 Å². The summed E-state index contributed by atoms with van der Waals surface area (Å²) in [6, 6.07) is 0. The molecule has 0 rings (SSSR count). The maximum atomic E-state index is 8.52. The first-order valence-corrected chi connectivity index (χ1v) is 3.67. The van der Waals surface area contributed by atoms with Gasteiger partial charge in [-0.15, -0.1) is 0 Å². The second-order valence-corrected chi connectivity index (χ2v) is 1.50. The molecular formula is CuK2O6Si2. The van der Waals surface area contributed by atoms with Crippen molar-refractivity contribution in [2.75, 3.05) is 0 Å². The summed E-state index contributed by atoms with van der Waals surface area (Å²) in [4.78, 5) is 34.1. The van der Waals surface area contributed by atoms with E-state index in [9.17, 15) is 0 Å². The molecule has 0 fully saturated rings. The summed E-state index contributed by atoms with van der Waals surface area (Å²) in [6.45, 7) is 0. The number of hydrogen-bond donors (Lipinski definition) is 0. The van der Waals surface area contributed by atoms with E-state index >= 15 is 0 Å². The third-order valence-electron chi connectivity index (χ3n) is 0. The Kier molecular flexibility index (Phi) is 61.4. The van der Waals surface area contributed by atoms with Crippen LogP contribution in [0.5, 0.6) is 0 Å². The first kappa shape index (κ1) is 29.2. The third-order valence-corrected chi connectivity index (χ3v) is 0. The molecule has 57 valence electrons. The molecule has 0 saturated heterocycles. The molecule has 11 heteroatoms. The molecule has 0 aromatic heterocycles. The summed E-state index contributed by atoms with van der Waals surface area (Å²) in [5.74, 6) is 0. The molecule has 0 atom stereocenters. The second-order valence-electron chi connectivity index (χ2n) is 0.500. The van der Waals surface area contributed by atoms with E-state index in [2.05, 4.69) is 0 Å². The minimum Gasteiger partial charge on any atom is -0.672 e. The van der Waals surface area contributed by atoms with Gasteiger partial charge in [-0.05, 0) is 0 Å². The van der Waals surface area contributed by atoms with Crippen LogP contribution in [0.4, 0.5) is 0 Å². The van der Waals surface area contributed by atoms with E-state index in [-0.39, 0.29) is 120 Å². The summed E-state index contributed by atoms with van der Waals surface area (Å²) in [5, 5.41) is 0. The smallest absolute Gasteiger partial charge is 0.672 e. The van der Waals surface area contributed by atoms with Gasteiger partial charge in [0.25, 0.3) is 0 Å². The standard InChI is InChI=1S/Cu.2K.2O3Si/c;;;2*1-4(2)3/q+2;2*+1;2*-2. The SMILES string of the molecule is O=[Si]([O-])[O-].O=[Si]([O-])[O-].[Cu+2].[K+].[K+]. The van der Waals surface area contributed by atoms with E-state index in [1.54, 1.807) is 0 Å². The van der Waals surface area contributed by atoms with Gasteiger partial charge in [0.05, 0.1) is 0 Å². The second kappa shape index (κ2) is 23.1. The van der Waals surface area contributed by atoms with E-state index in [0.29, 0.717) is 0 Å². The molecule has 0 spiro atoms. The van der Waals surface area contributed by atoms with Crippen molar-refractivity contribution in [1.82, 2.24) is 0 Å². The Balaban J connectivity index is -0.0000000171. The molecule has 0 heterocycles. The monoisotopic (exact) mass is 293 g/mol. The van der Waals surface area contributed by atoms with E-state index in [1.165, 1.54) is 0 Å². The molecule has 0 saturated carbocycles. The minimum atomic E-state index is -3.63. The van der Waals surface area contributed by atoms with Crippen LogP contribution in [0, 0.1) is 0 Å². The van der Waals surface area contributed by atoms with Crippen molar-refractivity contribution < 1.29 is 148 Å². The Hall–Kier alpha value is 3.03. The van der Waals surface area contributed by atoms with Crippen LogP contribution in [0.15, 0.2) is 0 Å². The first-order chi connectivity index (χ1) is 3.46. The van der Waals surface area contributed by atoms with Crippen molar-refractivity contribution in [3.8, 4) is 0 Å². The van der Waals surface area contributed by atoms with Gasteiger partial charge in [-0.3, -0.25) is 0 Å². The predicted molar refractivity (Wildman–Crippen MR) is 12.9 cm³/mol. The molecule has 0 aliphatic carbocycles. The minimum absolute atomic E-state index is 0. The maximum absolute atomic E-state index is 8.52. The zero-order chi connectivity index (χ0) is 7.15.